The Bertz CT molecular complexity index is 589. The van der Waals surface area contributed by atoms with Crippen LogP contribution in [-0.4, -0.2) is 49.3 Å². The summed E-state index contributed by atoms with van der Waals surface area (Å²) in [5, 5.41) is 17.7. The van der Waals surface area contributed by atoms with Gasteiger partial charge in [-0.2, -0.15) is 11.8 Å². The van der Waals surface area contributed by atoms with Gasteiger partial charge >= 0.3 is 5.97 Å². The third kappa shape index (κ3) is 5.54. The number of rotatable bonds is 9. The summed E-state index contributed by atoms with van der Waals surface area (Å²) in [6.07, 6.45) is 0.651. The molecule has 7 nitrogen and oxygen atoms in total. The first kappa shape index (κ1) is 17.8. The average Bonchev–Trinajstić information content (AvgIpc) is 2.42. The molecule has 0 saturated carbocycles. The summed E-state index contributed by atoms with van der Waals surface area (Å²) in [7, 11) is -3.89. The number of nitrogens with one attached hydrogen (secondary N) is 1. The van der Waals surface area contributed by atoms with Gasteiger partial charge in [0.1, 0.15) is 0 Å². The third-order valence-corrected chi connectivity index (χ3v) is 5.10. The summed E-state index contributed by atoms with van der Waals surface area (Å²) >= 11 is 1.50. The molecule has 0 aliphatic rings. The van der Waals surface area contributed by atoms with E-state index in [0.717, 1.165) is 11.8 Å². The van der Waals surface area contributed by atoms with Crippen LogP contribution in [0.25, 0.3) is 0 Å². The highest BCUT2D eigenvalue weighted by molar-refractivity contribution is 7.99. The van der Waals surface area contributed by atoms with Gasteiger partial charge in [0, 0.05) is 24.6 Å². The van der Waals surface area contributed by atoms with Gasteiger partial charge in [0.25, 0.3) is 0 Å². The van der Waals surface area contributed by atoms with E-state index in [1.165, 1.54) is 23.9 Å². The molecule has 0 atom stereocenters. The number of carboxylic acid groups (broad SMARTS) is 1. The maximum absolute atomic E-state index is 12.1. The molecule has 0 bridgehead atoms. The van der Waals surface area contributed by atoms with Crippen molar-refractivity contribution in [3.05, 3.63) is 23.8 Å². The molecule has 21 heavy (non-hydrogen) atoms. The topological polar surface area (TPSA) is 130 Å². The van der Waals surface area contributed by atoms with Crippen molar-refractivity contribution in [2.24, 2.45) is 0 Å². The maximum atomic E-state index is 12.1. The second kappa shape index (κ2) is 8.23. The number of hydrogen-bond acceptors (Lipinski definition) is 6. The predicted octanol–water partition coefficient (Wildman–Crippen LogP) is 0.361. The Hall–Kier alpha value is -1.29. The lowest BCUT2D eigenvalue weighted by Crippen LogP contribution is -2.27. The molecule has 1 aromatic carbocycles. The van der Waals surface area contributed by atoms with Gasteiger partial charge in [-0.05, 0) is 30.4 Å². The highest BCUT2D eigenvalue weighted by atomic mass is 32.2. The van der Waals surface area contributed by atoms with Gasteiger partial charge in [-0.3, -0.25) is 0 Å². The quantitative estimate of drug-likeness (QED) is 0.379. The van der Waals surface area contributed by atoms with Crippen LogP contribution < -0.4 is 10.5 Å². The van der Waals surface area contributed by atoms with E-state index >= 15 is 0 Å². The van der Waals surface area contributed by atoms with Gasteiger partial charge in [-0.25, -0.2) is 17.9 Å². The monoisotopic (exact) mass is 334 g/mol. The first-order valence-corrected chi connectivity index (χ1v) is 8.83. The molecule has 0 aliphatic heterocycles. The van der Waals surface area contributed by atoms with Crippen molar-refractivity contribution >= 4 is 33.4 Å². The van der Waals surface area contributed by atoms with Gasteiger partial charge in [0.05, 0.1) is 10.5 Å². The molecule has 9 heteroatoms. The molecule has 1 aromatic rings. The van der Waals surface area contributed by atoms with Gasteiger partial charge in [0.15, 0.2) is 0 Å². The third-order valence-electron chi connectivity index (χ3n) is 2.51. The lowest BCUT2D eigenvalue weighted by atomic mass is 10.2. The van der Waals surface area contributed by atoms with E-state index in [1.807, 2.05) is 0 Å². The van der Waals surface area contributed by atoms with Crippen LogP contribution in [0.1, 0.15) is 16.8 Å². The molecule has 0 amide bonds. The van der Waals surface area contributed by atoms with Crippen molar-refractivity contribution in [2.45, 2.75) is 11.3 Å². The molecule has 0 aromatic heterocycles. The minimum Gasteiger partial charge on any atom is -0.478 e. The van der Waals surface area contributed by atoms with E-state index in [1.54, 1.807) is 0 Å². The number of aromatic carboxylic acids is 1. The summed E-state index contributed by atoms with van der Waals surface area (Å²) in [5.74, 6) is -0.0723. The maximum Gasteiger partial charge on any atom is 0.337 e. The number of nitrogen functional groups attached to an aromatic ring is 1. The first-order chi connectivity index (χ1) is 9.88. The summed E-state index contributed by atoms with van der Waals surface area (Å²) in [6, 6.07) is 3.64. The van der Waals surface area contributed by atoms with Crippen LogP contribution in [-0.2, 0) is 10.0 Å². The van der Waals surface area contributed by atoms with Crippen LogP contribution in [0.5, 0.6) is 0 Å². The zero-order valence-corrected chi connectivity index (χ0v) is 12.9. The second-order valence-corrected chi connectivity index (χ2v) is 7.11. The highest BCUT2D eigenvalue weighted by Crippen LogP contribution is 2.19. The van der Waals surface area contributed by atoms with E-state index in [-0.39, 0.29) is 29.3 Å². The van der Waals surface area contributed by atoms with Crippen LogP contribution in [0.15, 0.2) is 23.1 Å². The Morgan fingerprint density at radius 2 is 2.05 bits per heavy atom. The van der Waals surface area contributed by atoms with Crippen LogP contribution in [0.4, 0.5) is 5.69 Å². The molecule has 118 valence electrons. The number of nitrogens with two attached hydrogens (primary N) is 1. The molecule has 0 unspecified atom stereocenters. The second-order valence-electron chi connectivity index (χ2n) is 4.15. The summed E-state index contributed by atoms with van der Waals surface area (Å²) < 4.78 is 26.5. The number of anilines is 1. The SMILES string of the molecule is Nc1ccc(S(=O)(=O)NCCSCCCO)c(C(=O)O)c1. The fraction of sp³-hybridized carbons (Fsp3) is 0.417. The zero-order chi connectivity index (χ0) is 15.9. The Balaban J connectivity index is 2.72. The number of thioether (sulfide) groups is 1. The number of aliphatic hydroxyl groups is 1. The summed E-state index contributed by atoms with van der Waals surface area (Å²) in [6.45, 7) is 0.286. The van der Waals surface area contributed by atoms with E-state index in [2.05, 4.69) is 4.72 Å². The highest BCUT2D eigenvalue weighted by Gasteiger charge is 2.21. The Labute approximate surface area is 127 Å². The van der Waals surface area contributed by atoms with Crippen molar-refractivity contribution < 1.29 is 23.4 Å². The van der Waals surface area contributed by atoms with Crippen molar-refractivity contribution in [3.8, 4) is 0 Å². The molecule has 0 fully saturated rings. The molecule has 0 radical (unpaired) electrons. The Morgan fingerprint density at radius 3 is 2.67 bits per heavy atom. The minimum atomic E-state index is -3.89. The average molecular weight is 334 g/mol. The van der Waals surface area contributed by atoms with E-state index < -0.39 is 16.0 Å². The Kier molecular flexibility index (Phi) is 6.96. The van der Waals surface area contributed by atoms with Crippen LogP contribution in [0.2, 0.25) is 0 Å². The molecule has 0 saturated heterocycles. The van der Waals surface area contributed by atoms with Gasteiger partial charge in [-0.15, -0.1) is 0 Å². The lowest BCUT2D eigenvalue weighted by molar-refractivity contribution is 0.0692. The predicted molar refractivity (Wildman–Crippen MR) is 82.0 cm³/mol. The van der Waals surface area contributed by atoms with E-state index in [0.29, 0.717) is 12.2 Å². The van der Waals surface area contributed by atoms with Gasteiger partial charge in [-0.1, -0.05) is 0 Å². The number of aliphatic hydroxyl groups excluding tert-OH is 1. The molecular formula is C12H18N2O5S2. The van der Waals surface area contributed by atoms with Crippen LogP contribution >= 0.6 is 11.8 Å². The van der Waals surface area contributed by atoms with Crippen molar-refractivity contribution in [1.29, 1.82) is 0 Å². The minimum absolute atomic E-state index is 0.103. The fourth-order valence-electron chi connectivity index (χ4n) is 1.54. The van der Waals surface area contributed by atoms with Crippen molar-refractivity contribution in [3.63, 3.8) is 0 Å². The van der Waals surface area contributed by atoms with Crippen molar-refractivity contribution in [1.82, 2.24) is 4.72 Å². The molecule has 5 N–H and O–H groups in total. The summed E-state index contributed by atoms with van der Waals surface area (Å²) in [5.41, 5.74) is 5.31. The first-order valence-electron chi connectivity index (χ1n) is 6.19. The summed E-state index contributed by atoms with van der Waals surface area (Å²) in [4.78, 5) is 10.8. The smallest absolute Gasteiger partial charge is 0.337 e. The number of carboxylic acids is 1. The van der Waals surface area contributed by atoms with Crippen LogP contribution in [0.3, 0.4) is 0 Å². The zero-order valence-electron chi connectivity index (χ0n) is 11.3. The van der Waals surface area contributed by atoms with Crippen LogP contribution in [0, 0.1) is 0 Å². The number of hydrogen-bond donors (Lipinski definition) is 4. The molecule has 0 heterocycles. The van der Waals surface area contributed by atoms with E-state index in [9.17, 15) is 13.2 Å². The molecule has 0 aliphatic carbocycles. The van der Waals surface area contributed by atoms with Gasteiger partial charge in [0.2, 0.25) is 10.0 Å². The molecule has 0 spiro atoms. The lowest BCUT2D eigenvalue weighted by Gasteiger charge is -2.10. The number of carbonyl (C=O) groups is 1. The molecule has 1 rings (SSSR count). The number of benzene rings is 1. The largest absolute Gasteiger partial charge is 0.478 e. The Morgan fingerprint density at radius 1 is 1.33 bits per heavy atom. The normalized spacial score (nSPS) is 11.5. The fourth-order valence-corrected chi connectivity index (χ4v) is 3.67. The number of sulfonamides is 1. The van der Waals surface area contributed by atoms with E-state index in [4.69, 9.17) is 15.9 Å². The standard InChI is InChI=1S/C12H18N2O5S2/c13-9-2-3-11(10(8-9)12(16)17)21(18,19)14-4-7-20-6-1-5-15/h2-3,8,14-15H,1,4-7,13H2,(H,16,17). The molecular weight excluding hydrogens is 316 g/mol. The van der Waals surface area contributed by atoms with Crippen molar-refractivity contribution in [2.75, 3.05) is 30.4 Å². The van der Waals surface area contributed by atoms with Gasteiger partial charge < -0.3 is 15.9 Å².